The number of hydrogen-bond acceptors (Lipinski definition) is 6. The van der Waals surface area contributed by atoms with E-state index in [1.54, 1.807) is 20.3 Å². The van der Waals surface area contributed by atoms with Gasteiger partial charge in [0.05, 0.1) is 26.3 Å². The molecule has 0 bridgehead atoms. The maximum absolute atomic E-state index is 12.1. The predicted octanol–water partition coefficient (Wildman–Crippen LogP) is 2.21. The van der Waals surface area contributed by atoms with Gasteiger partial charge < -0.3 is 19.9 Å². The van der Waals surface area contributed by atoms with E-state index in [-0.39, 0.29) is 12.3 Å². The molecule has 8 nitrogen and oxygen atoms in total. The number of thiazole rings is 1. The van der Waals surface area contributed by atoms with Crippen LogP contribution in [0.25, 0.3) is 16.2 Å². The maximum Gasteiger partial charge on any atom is 0.325 e. The first-order chi connectivity index (χ1) is 12.9. The molecule has 2 heterocycles. The van der Waals surface area contributed by atoms with Gasteiger partial charge in [0, 0.05) is 22.8 Å². The second-order valence-corrected chi connectivity index (χ2v) is 6.71. The first-order valence-electron chi connectivity index (χ1n) is 8.13. The Bertz CT molecular complexity index is 994. The van der Waals surface area contributed by atoms with Crippen LogP contribution in [0.4, 0.5) is 0 Å². The van der Waals surface area contributed by atoms with E-state index in [0.29, 0.717) is 17.2 Å². The lowest BCUT2D eigenvalue weighted by atomic mass is 10.1. The molecule has 0 saturated heterocycles. The molecule has 0 radical (unpaired) electrons. The first kappa shape index (κ1) is 18.7. The van der Waals surface area contributed by atoms with Crippen molar-refractivity contribution >= 4 is 28.2 Å². The molecule has 3 rings (SSSR count). The minimum atomic E-state index is -1.08. The molecule has 1 amide bonds. The number of amides is 1. The number of rotatable bonds is 7. The van der Waals surface area contributed by atoms with Gasteiger partial charge in [0.25, 0.3) is 0 Å². The Balaban J connectivity index is 1.90. The molecule has 0 fully saturated rings. The highest BCUT2D eigenvalue weighted by Gasteiger charge is 2.18. The van der Waals surface area contributed by atoms with Crippen LogP contribution in [-0.4, -0.2) is 46.6 Å². The van der Waals surface area contributed by atoms with Crippen LogP contribution < -0.4 is 14.8 Å². The van der Waals surface area contributed by atoms with Crippen LogP contribution in [0.3, 0.4) is 0 Å². The molecule has 0 aliphatic carbocycles. The van der Waals surface area contributed by atoms with Crippen molar-refractivity contribution in [1.82, 2.24) is 14.7 Å². The summed E-state index contributed by atoms with van der Waals surface area (Å²) in [5.41, 5.74) is 2.20. The molecule has 0 aliphatic heterocycles. The van der Waals surface area contributed by atoms with E-state index in [1.807, 2.05) is 28.1 Å². The van der Waals surface area contributed by atoms with Gasteiger partial charge in [-0.05, 0) is 25.1 Å². The minimum absolute atomic E-state index is 0.0582. The van der Waals surface area contributed by atoms with Crippen molar-refractivity contribution in [3.63, 3.8) is 0 Å². The van der Waals surface area contributed by atoms with E-state index in [1.165, 1.54) is 18.3 Å². The maximum atomic E-state index is 12.1. The molecule has 0 saturated carbocycles. The Morgan fingerprint density at radius 3 is 2.78 bits per heavy atom. The molecule has 1 aromatic carbocycles. The Morgan fingerprint density at radius 1 is 1.33 bits per heavy atom. The molecule has 142 valence electrons. The Morgan fingerprint density at radius 2 is 2.11 bits per heavy atom. The van der Waals surface area contributed by atoms with Crippen LogP contribution in [0, 0.1) is 0 Å². The van der Waals surface area contributed by atoms with E-state index in [2.05, 4.69) is 10.3 Å². The Kier molecular flexibility index (Phi) is 5.31. The molecule has 0 spiro atoms. The van der Waals surface area contributed by atoms with Crippen LogP contribution in [0.5, 0.6) is 11.5 Å². The summed E-state index contributed by atoms with van der Waals surface area (Å²) in [6.07, 6.45) is 1.88. The third-order valence-electron chi connectivity index (χ3n) is 4.06. The number of carboxylic acids is 1. The fourth-order valence-corrected chi connectivity index (χ4v) is 3.49. The predicted molar refractivity (Wildman–Crippen MR) is 101 cm³/mol. The average Bonchev–Trinajstić information content (AvgIpc) is 3.22. The quantitative estimate of drug-likeness (QED) is 0.642. The fraction of sp³-hybridized carbons (Fsp3) is 0.278. The topological polar surface area (TPSA) is 102 Å². The number of ether oxygens (including phenoxy) is 2. The molecular weight excluding hydrogens is 370 g/mol. The van der Waals surface area contributed by atoms with Gasteiger partial charge in [-0.25, -0.2) is 4.98 Å². The molecule has 1 unspecified atom stereocenters. The van der Waals surface area contributed by atoms with E-state index in [9.17, 15) is 9.59 Å². The SMILES string of the molecule is COc1ccc(OC)c(-c2cn3c(CC(=O)NC(C)C(=O)O)csc3n2)c1. The summed E-state index contributed by atoms with van der Waals surface area (Å²) in [5, 5.41) is 13.2. The number of aliphatic carboxylic acids is 1. The fourth-order valence-electron chi connectivity index (χ4n) is 2.62. The van der Waals surface area contributed by atoms with E-state index in [4.69, 9.17) is 14.6 Å². The van der Waals surface area contributed by atoms with Crippen LogP contribution in [-0.2, 0) is 16.0 Å². The largest absolute Gasteiger partial charge is 0.497 e. The lowest BCUT2D eigenvalue weighted by Gasteiger charge is -2.09. The number of hydrogen-bond donors (Lipinski definition) is 2. The summed E-state index contributed by atoms with van der Waals surface area (Å²) in [7, 11) is 3.18. The lowest BCUT2D eigenvalue weighted by molar-refractivity contribution is -0.141. The van der Waals surface area contributed by atoms with Crippen LogP contribution in [0.1, 0.15) is 12.6 Å². The van der Waals surface area contributed by atoms with E-state index >= 15 is 0 Å². The standard InChI is InChI=1S/C18H19N3O5S/c1-10(17(23)24)19-16(22)6-11-9-27-18-20-14(8-21(11)18)13-7-12(25-2)4-5-15(13)26-3/h4-5,7-10H,6H2,1-3H3,(H,19,22)(H,23,24). The van der Waals surface area contributed by atoms with Gasteiger partial charge in [-0.3, -0.25) is 14.0 Å². The van der Waals surface area contributed by atoms with Crippen molar-refractivity contribution in [3.8, 4) is 22.8 Å². The zero-order chi connectivity index (χ0) is 19.6. The highest BCUT2D eigenvalue weighted by molar-refractivity contribution is 7.15. The summed E-state index contributed by atoms with van der Waals surface area (Å²) < 4.78 is 12.5. The summed E-state index contributed by atoms with van der Waals surface area (Å²) in [4.78, 5) is 28.3. The summed E-state index contributed by atoms with van der Waals surface area (Å²) in [5.74, 6) is -0.0896. The summed E-state index contributed by atoms with van der Waals surface area (Å²) in [6, 6.07) is 4.52. The number of aromatic nitrogens is 2. The van der Waals surface area contributed by atoms with Crippen molar-refractivity contribution < 1.29 is 24.2 Å². The van der Waals surface area contributed by atoms with Crippen molar-refractivity contribution in [1.29, 1.82) is 0 Å². The molecule has 9 heteroatoms. The number of carbonyl (C=O) groups excluding carboxylic acids is 1. The van der Waals surface area contributed by atoms with Crippen molar-refractivity contribution in [3.05, 3.63) is 35.5 Å². The zero-order valence-electron chi connectivity index (χ0n) is 15.1. The van der Waals surface area contributed by atoms with Crippen LogP contribution >= 0.6 is 11.3 Å². The zero-order valence-corrected chi connectivity index (χ0v) is 15.9. The third-order valence-corrected chi connectivity index (χ3v) is 4.94. The number of carboxylic acid groups (broad SMARTS) is 1. The minimum Gasteiger partial charge on any atom is -0.497 e. The molecule has 27 heavy (non-hydrogen) atoms. The van der Waals surface area contributed by atoms with Gasteiger partial charge in [0.1, 0.15) is 17.5 Å². The lowest BCUT2D eigenvalue weighted by Crippen LogP contribution is -2.39. The highest BCUT2D eigenvalue weighted by Crippen LogP contribution is 2.34. The number of methoxy groups -OCH3 is 2. The van der Waals surface area contributed by atoms with E-state index in [0.717, 1.165) is 16.2 Å². The van der Waals surface area contributed by atoms with Crippen molar-refractivity contribution in [2.24, 2.45) is 0 Å². The van der Waals surface area contributed by atoms with Gasteiger partial charge in [-0.15, -0.1) is 11.3 Å². The number of imidazole rings is 1. The number of nitrogens with zero attached hydrogens (tertiary/aromatic N) is 2. The molecule has 0 aliphatic rings. The number of benzene rings is 1. The summed E-state index contributed by atoms with van der Waals surface area (Å²) >= 11 is 1.40. The molecule has 3 aromatic rings. The second-order valence-electron chi connectivity index (χ2n) is 5.88. The first-order valence-corrected chi connectivity index (χ1v) is 9.01. The van der Waals surface area contributed by atoms with Crippen LogP contribution in [0.15, 0.2) is 29.8 Å². The van der Waals surface area contributed by atoms with Crippen molar-refractivity contribution in [2.75, 3.05) is 14.2 Å². The Labute approximate surface area is 159 Å². The van der Waals surface area contributed by atoms with Gasteiger partial charge in [0.15, 0.2) is 4.96 Å². The van der Waals surface area contributed by atoms with E-state index < -0.39 is 12.0 Å². The molecule has 2 aromatic heterocycles. The van der Waals surface area contributed by atoms with Gasteiger partial charge in [-0.2, -0.15) is 0 Å². The average molecular weight is 389 g/mol. The van der Waals surface area contributed by atoms with Crippen LogP contribution in [0.2, 0.25) is 0 Å². The number of carbonyl (C=O) groups is 2. The second kappa shape index (κ2) is 7.67. The number of fused-ring (bicyclic) bond motifs is 1. The highest BCUT2D eigenvalue weighted by atomic mass is 32.1. The van der Waals surface area contributed by atoms with Crippen molar-refractivity contribution in [2.45, 2.75) is 19.4 Å². The smallest absolute Gasteiger partial charge is 0.325 e. The monoisotopic (exact) mass is 389 g/mol. The molecule has 1 atom stereocenters. The normalized spacial score (nSPS) is 12.0. The summed E-state index contributed by atoms with van der Waals surface area (Å²) in [6.45, 7) is 1.42. The molecule has 2 N–H and O–H groups in total. The Hall–Kier alpha value is -3.07. The third kappa shape index (κ3) is 3.87. The number of nitrogens with one attached hydrogen (secondary N) is 1. The molecular formula is C18H19N3O5S. The van der Waals surface area contributed by atoms with Gasteiger partial charge in [-0.1, -0.05) is 0 Å². The van der Waals surface area contributed by atoms with Gasteiger partial charge in [0.2, 0.25) is 5.91 Å². The van der Waals surface area contributed by atoms with Gasteiger partial charge >= 0.3 is 5.97 Å².